The molecule has 1 heteroatoms. The number of benzene rings is 2. The van der Waals surface area contributed by atoms with Crippen molar-refractivity contribution in [2.24, 2.45) is 0 Å². The molecule has 0 spiro atoms. The smallest absolute Gasteiger partial charge is 0.0159 e. The van der Waals surface area contributed by atoms with Crippen molar-refractivity contribution in [1.29, 1.82) is 0 Å². The molecule has 2 aliphatic carbocycles. The zero-order valence-corrected chi connectivity index (χ0v) is 18.0. The molecule has 2 aromatic rings. The Morgan fingerprint density at radius 3 is 2.44 bits per heavy atom. The topological polar surface area (TPSA) is 0 Å². The Balaban J connectivity index is 1.80. The first kappa shape index (κ1) is 18.2. The van der Waals surface area contributed by atoms with E-state index in [9.17, 15) is 0 Å². The molecule has 2 aliphatic rings. The number of hydrogen-bond acceptors (Lipinski definition) is 0. The predicted octanol–water partition coefficient (Wildman–Crippen LogP) is 7.61. The van der Waals surface area contributed by atoms with Crippen LogP contribution in [0.4, 0.5) is 0 Å². The van der Waals surface area contributed by atoms with Crippen LogP contribution in [0, 0.1) is 3.57 Å². The lowest BCUT2D eigenvalue weighted by Crippen LogP contribution is -2.15. The summed E-state index contributed by atoms with van der Waals surface area (Å²) in [4.78, 5) is 0. The van der Waals surface area contributed by atoms with Gasteiger partial charge in [0.25, 0.3) is 0 Å². The maximum absolute atomic E-state index is 4.10. The van der Waals surface area contributed by atoms with Crippen molar-refractivity contribution < 1.29 is 0 Å². The van der Waals surface area contributed by atoms with E-state index >= 15 is 0 Å². The summed E-state index contributed by atoms with van der Waals surface area (Å²) in [5, 5.41) is 0. The van der Waals surface area contributed by atoms with Gasteiger partial charge in [0.05, 0.1) is 0 Å². The van der Waals surface area contributed by atoms with E-state index in [1.807, 2.05) is 12.2 Å². The molecule has 0 N–H and O–H groups in total. The van der Waals surface area contributed by atoms with Crippen molar-refractivity contribution in [2.75, 3.05) is 0 Å². The lowest BCUT2D eigenvalue weighted by Gasteiger charge is -2.22. The van der Waals surface area contributed by atoms with Crippen LogP contribution < -0.4 is 0 Å². The lowest BCUT2D eigenvalue weighted by atomic mass is 9.81. The van der Waals surface area contributed by atoms with Crippen LogP contribution in [-0.2, 0) is 5.41 Å². The third-order valence-corrected chi connectivity index (χ3v) is 6.15. The van der Waals surface area contributed by atoms with Crippen LogP contribution in [0.1, 0.15) is 37.0 Å². The molecular formula is C26H23I. The molecule has 0 heterocycles. The van der Waals surface area contributed by atoms with Gasteiger partial charge in [-0.05, 0) is 86.2 Å². The molecule has 2 aromatic carbocycles. The average molecular weight is 462 g/mol. The SMILES string of the molecule is C=C1/C=C\C=C/C/C=C(c2ccc3c(c2)C(C)(C)c2cc(I)ccc2-3)\C=C/1. The Kier molecular flexibility index (Phi) is 4.81. The number of fused-ring (bicyclic) bond motifs is 3. The molecule has 0 saturated heterocycles. The van der Waals surface area contributed by atoms with Crippen LogP contribution in [0.2, 0.25) is 0 Å². The molecule has 27 heavy (non-hydrogen) atoms. The van der Waals surface area contributed by atoms with Gasteiger partial charge in [0.2, 0.25) is 0 Å². The molecule has 0 unspecified atom stereocenters. The quantitative estimate of drug-likeness (QED) is 0.383. The first-order valence-electron chi connectivity index (χ1n) is 9.32. The van der Waals surface area contributed by atoms with Crippen LogP contribution in [0.25, 0.3) is 16.7 Å². The Labute approximate surface area is 175 Å². The highest BCUT2D eigenvalue weighted by Crippen LogP contribution is 2.49. The van der Waals surface area contributed by atoms with Crippen LogP contribution >= 0.6 is 22.6 Å². The summed E-state index contributed by atoms with van der Waals surface area (Å²) in [7, 11) is 0. The van der Waals surface area contributed by atoms with Gasteiger partial charge in [-0.25, -0.2) is 0 Å². The van der Waals surface area contributed by atoms with Crippen LogP contribution in [-0.4, -0.2) is 0 Å². The van der Waals surface area contributed by atoms with Gasteiger partial charge in [-0.2, -0.15) is 0 Å². The van der Waals surface area contributed by atoms with E-state index in [0.717, 1.165) is 12.0 Å². The number of hydrogen-bond donors (Lipinski definition) is 0. The Hall–Kier alpha value is -2.13. The highest BCUT2D eigenvalue weighted by atomic mass is 127. The van der Waals surface area contributed by atoms with Crippen molar-refractivity contribution in [3.05, 3.63) is 111 Å². The van der Waals surface area contributed by atoms with E-state index in [2.05, 4.69) is 110 Å². The lowest BCUT2D eigenvalue weighted by molar-refractivity contribution is 0.659. The molecule has 0 bridgehead atoms. The minimum absolute atomic E-state index is 0.0222. The van der Waals surface area contributed by atoms with Crippen LogP contribution in [0.15, 0.2) is 91.1 Å². The molecule has 0 nitrogen and oxygen atoms in total. The van der Waals surface area contributed by atoms with Crippen molar-refractivity contribution >= 4 is 28.2 Å². The second kappa shape index (κ2) is 7.12. The van der Waals surface area contributed by atoms with Gasteiger partial charge in [0.1, 0.15) is 0 Å². The largest absolute Gasteiger partial charge is 0.0918 e. The highest BCUT2D eigenvalue weighted by Gasteiger charge is 2.35. The standard InChI is InChI=1S/C26H23I/c1-18-8-6-4-5-7-9-19(11-10-18)20-12-14-22-23-15-13-21(27)17-25(23)26(2,3)24(22)16-20/h4-6,8-17H,1,7H2,2-3H3/b5-4-,8-6-,11-10-,19-9+. The average Bonchev–Trinajstić information content (AvgIpc) is 2.87. The normalized spacial score (nSPS) is 22.9. The fraction of sp³-hybridized carbons (Fsp3) is 0.154. The molecule has 0 atom stereocenters. The monoisotopic (exact) mass is 462 g/mol. The van der Waals surface area contributed by atoms with E-state index in [1.165, 1.54) is 37.0 Å². The summed E-state index contributed by atoms with van der Waals surface area (Å²) in [5.41, 5.74) is 9.14. The van der Waals surface area contributed by atoms with Gasteiger partial charge < -0.3 is 0 Å². The van der Waals surface area contributed by atoms with Gasteiger partial charge in [0.15, 0.2) is 0 Å². The summed E-state index contributed by atoms with van der Waals surface area (Å²) >= 11 is 2.41. The maximum atomic E-state index is 4.10. The van der Waals surface area contributed by atoms with E-state index in [4.69, 9.17) is 0 Å². The van der Waals surface area contributed by atoms with Crippen LogP contribution in [0.5, 0.6) is 0 Å². The molecule has 0 radical (unpaired) electrons. The van der Waals surface area contributed by atoms with Gasteiger partial charge in [-0.15, -0.1) is 0 Å². The Morgan fingerprint density at radius 1 is 0.889 bits per heavy atom. The minimum atomic E-state index is 0.0222. The third kappa shape index (κ3) is 3.41. The Bertz CT molecular complexity index is 1040. The van der Waals surface area contributed by atoms with Crippen molar-refractivity contribution in [2.45, 2.75) is 25.7 Å². The van der Waals surface area contributed by atoms with Gasteiger partial charge in [-0.3, -0.25) is 0 Å². The summed E-state index contributed by atoms with van der Waals surface area (Å²) in [6.07, 6.45) is 15.8. The number of rotatable bonds is 1. The van der Waals surface area contributed by atoms with Crippen molar-refractivity contribution in [3.8, 4) is 11.1 Å². The predicted molar refractivity (Wildman–Crippen MR) is 126 cm³/mol. The minimum Gasteiger partial charge on any atom is -0.0918 e. The Morgan fingerprint density at radius 2 is 1.63 bits per heavy atom. The molecule has 4 rings (SSSR count). The first-order chi connectivity index (χ1) is 13.0. The van der Waals surface area contributed by atoms with E-state index in [1.54, 1.807) is 0 Å². The number of halogens is 1. The van der Waals surface area contributed by atoms with E-state index < -0.39 is 0 Å². The zero-order valence-electron chi connectivity index (χ0n) is 15.8. The summed E-state index contributed by atoms with van der Waals surface area (Å²) in [6.45, 7) is 8.77. The van der Waals surface area contributed by atoms with Gasteiger partial charge in [0, 0.05) is 8.99 Å². The van der Waals surface area contributed by atoms with Gasteiger partial charge in [-0.1, -0.05) is 81.2 Å². The fourth-order valence-corrected chi connectivity index (χ4v) is 4.45. The molecule has 0 saturated carbocycles. The molecular weight excluding hydrogens is 439 g/mol. The van der Waals surface area contributed by atoms with E-state index in [-0.39, 0.29) is 5.41 Å². The molecule has 134 valence electrons. The molecule has 0 aromatic heterocycles. The molecule has 0 fully saturated rings. The molecule has 0 aliphatic heterocycles. The third-order valence-electron chi connectivity index (χ3n) is 5.48. The second-order valence-corrected chi connectivity index (χ2v) is 8.91. The summed E-state index contributed by atoms with van der Waals surface area (Å²) in [5.74, 6) is 0. The zero-order chi connectivity index (χ0) is 19.0. The van der Waals surface area contributed by atoms with Gasteiger partial charge >= 0.3 is 0 Å². The van der Waals surface area contributed by atoms with Crippen molar-refractivity contribution in [1.82, 2.24) is 0 Å². The van der Waals surface area contributed by atoms with E-state index in [0.29, 0.717) is 0 Å². The molecule has 0 amide bonds. The van der Waals surface area contributed by atoms with Crippen LogP contribution in [0.3, 0.4) is 0 Å². The fourth-order valence-electron chi connectivity index (χ4n) is 3.96. The highest BCUT2D eigenvalue weighted by molar-refractivity contribution is 14.1. The van der Waals surface area contributed by atoms with Crippen molar-refractivity contribution in [3.63, 3.8) is 0 Å². The summed E-state index contributed by atoms with van der Waals surface area (Å²) < 4.78 is 1.30. The summed E-state index contributed by atoms with van der Waals surface area (Å²) in [6, 6.07) is 13.7. The second-order valence-electron chi connectivity index (χ2n) is 7.67. The maximum Gasteiger partial charge on any atom is 0.0159 e. The number of allylic oxidation sites excluding steroid dienone is 9. The first-order valence-corrected chi connectivity index (χ1v) is 10.4.